The smallest absolute Gasteiger partial charge is 0.389 e. The highest BCUT2D eigenvalue weighted by Crippen LogP contribution is 2.50. The van der Waals surface area contributed by atoms with E-state index in [2.05, 4.69) is 0 Å². The van der Waals surface area contributed by atoms with Gasteiger partial charge in [0, 0.05) is 6.42 Å². The summed E-state index contributed by atoms with van der Waals surface area (Å²) in [6, 6.07) is 0. The number of rotatable bonds is 4. The van der Waals surface area contributed by atoms with E-state index in [4.69, 9.17) is 0 Å². The zero-order chi connectivity index (χ0) is 11.8. The maximum Gasteiger partial charge on any atom is 0.389 e. The molecule has 16 heavy (non-hydrogen) atoms. The fourth-order valence-electron chi connectivity index (χ4n) is 3.49. The van der Waals surface area contributed by atoms with Crippen molar-refractivity contribution >= 4 is 0 Å². The zero-order valence-electron chi connectivity index (χ0n) is 9.34. The highest BCUT2D eigenvalue weighted by molar-refractivity contribution is 4.92. The molecule has 4 unspecified atom stereocenters. The molecule has 4 heteroatoms. The SMILES string of the molecule is OC(CCCC(F)(F)F)C1CC2CCC1C2. The van der Waals surface area contributed by atoms with Crippen LogP contribution in [0.5, 0.6) is 0 Å². The predicted octanol–water partition coefficient (Wildman–Crippen LogP) is 3.52. The molecular weight excluding hydrogens is 217 g/mol. The van der Waals surface area contributed by atoms with Crippen LogP contribution in [0.15, 0.2) is 0 Å². The van der Waals surface area contributed by atoms with E-state index in [1.165, 1.54) is 19.3 Å². The van der Waals surface area contributed by atoms with Crippen LogP contribution < -0.4 is 0 Å². The summed E-state index contributed by atoms with van der Waals surface area (Å²) in [6.07, 6.45) is -0.288. The van der Waals surface area contributed by atoms with Gasteiger partial charge in [0.2, 0.25) is 0 Å². The van der Waals surface area contributed by atoms with Crippen molar-refractivity contribution in [2.75, 3.05) is 0 Å². The van der Waals surface area contributed by atoms with E-state index in [0.717, 1.165) is 12.3 Å². The number of hydrogen-bond acceptors (Lipinski definition) is 1. The summed E-state index contributed by atoms with van der Waals surface area (Å²) in [6.45, 7) is 0. The Morgan fingerprint density at radius 3 is 2.44 bits per heavy atom. The van der Waals surface area contributed by atoms with Crippen molar-refractivity contribution in [3.63, 3.8) is 0 Å². The van der Waals surface area contributed by atoms with Crippen molar-refractivity contribution < 1.29 is 18.3 Å². The van der Waals surface area contributed by atoms with Gasteiger partial charge in [0.1, 0.15) is 0 Å². The number of fused-ring (bicyclic) bond motifs is 2. The lowest BCUT2D eigenvalue weighted by atomic mass is 9.83. The van der Waals surface area contributed by atoms with Crippen LogP contribution in [-0.4, -0.2) is 17.4 Å². The first-order valence-corrected chi connectivity index (χ1v) is 6.20. The lowest BCUT2D eigenvalue weighted by Gasteiger charge is -2.26. The Balaban J connectivity index is 1.70. The number of halogens is 3. The average Bonchev–Trinajstić information content (AvgIpc) is 2.76. The highest BCUT2D eigenvalue weighted by Gasteiger charge is 2.42. The van der Waals surface area contributed by atoms with Crippen LogP contribution in [0.1, 0.15) is 44.9 Å². The Morgan fingerprint density at radius 2 is 1.94 bits per heavy atom. The van der Waals surface area contributed by atoms with E-state index in [1.54, 1.807) is 0 Å². The lowest BCUT2D eigenvalue weighted by molar-refractivity contribution is -0.137. The molecule has 0 heterocycles. The van der Waals surface area contributed by atoms with Crippen molar-refractivity contribution in [3.05, 3.63) is 0 Å². The van der Waals surface area contributed by atoms with Gasteiger partial charge in [-0.3, -0.25) is 0 Å². The van der Waals surface area contributed by atoms with Crippen molar-refractivity contribution in [3.8, 4) is 0 Å². The second kappa shape index (κ2) is 4.55. The normalized spacial score (nSPS) is 35.6. The van der Waals surface area contributed by atoms with E-state index in [0.29, 0.717) is 12.3 Å². The molecule has 0 radical (unpaired) electrons. The summed E-state index contributed by atoms with van der Waals surface area (Å²) in [5.74, 6) is 1.62. The van der Waals surface area contributed by atoms with E-state index in [-0.39, 0.29) is 12.3 Å². The molecule has 0 spiro atoms. The van der Waals surface area contributed by atoms with Gasteiger partial charge < -0.3 is 5.11 Å². The van der Waals surface area contributed by atoms with Gasteiger partial charge in [-0.2, -0.15) is 13.2 Å². The third-order valence-electron chi connectivity index (χ3n) is 4.25. The Kier molecular flexibility index (Phi) is 3.48. The lowest BCUT2D eigenvalue weighted by Crippen LogP contribution is -2.26. The molecule has 2 saturated carbocycles. The van der Waals surface area contributed by atoms with Gasteiger partial charge in [0.25, 0.3) is 0 Å². The molecule has 0 amide bonds. The summed E-state index contributed by atoms with van der Waals surface area (Å²) >= 11 is 0. The Labute approximate surface area is 94.0 Å². The fraction of sp³-hybridized carbons (Fsp3) is 1.00. The Hall–Kier alpha value is -0.250. The van der Waals surface area contributed by atoms with Crippen LogP contribution in [0.4, 0.5) is 13.2 Å². The van der Waals surface area contributed by atoms with Gasteiger partial charge in [-0.25, -0.2) is 0 Å². The van der Waals surface area contributed by atoms with Gasteiger partial charge in [-0.05, 0) is 49.9 Å². The van der Waals surface area contributed by atoms with Gasteiger partial charge in [0.05, 0.1) is 6.10 Å². The monoisotopic (exact) mass is 236 g/mol. The Bertz CT molecular complexity index is 239. The van der Waals surface area contributed by atoms with Gasteiger partial charge >= 0.3 is 6.18 Å². The number of hydrogen-bond donors (Lipinski definition) is 1. The van der Waals surface area contributed by atoms with E-state index in [1.807, 2.05) is 0 Å². The van der Waals surface area contributed by atoms with E-state index >= 15 is 0 Å². The molecule has 2 aliphatic rings. The van der Waals surface area contributed by atoms with Crippen LogP contribution in [-0.2, 0) is 0 Å². The van der Waals surface area contributed by atoms with Crippen molar-refractivity contribution in [2.24, 2.45) is 17.8 Å². The van der Waals surface area contributed by atoms with E-state index < -0.39 is 18.7 Å². The maximum atomic E-state index is 12.0. The standard InChI is InChI=1S/C12H19F3O/c13-12(14,15)5-1-2-11(16)10-7-8-3-4-9(10)6-8/h8-11,16H,1-7H2. The third-order valence-corrected chi connectivity index (χ3v) is 4.25. The fourth-order valence-corrected chi connectivity index (χ4v) is 3.49. The molecule has 0 saturated heterocycles. The number of aliphatic hydroxyl groups is 1. The molecular formula is C12H19F3O. The second-order valence-corrected chi connectivity index (χ2v) is 5.41. The molecule has 2 rings (SSSR count). The maximum absolute atomic E-state index is 12.0. The molecule has 0 aromatic heterocycles. The van der Waals surface area contributed by atoms with Gasteiger partial charge in [-0.1, -0.05) is 6.42 Å². The number of alkyl halides is 3. The van der Waals surface area contributed by atoms with Crippen LogP contribution in [0, 0.1) is 17.8 Å². The predicted molar refractivity (Wildman–Crippen MR) is 54.9 cm³/mol. The minimum Gasteiger partial charge on any atom is -0.393 e. The summed E-state index contributed by atoms with van der Waals surface area (Å²) in [4.78, 5) is 0. The van der Waals surface area contributed by atoms with Crippen LogP contribution >= 0.6 is 0 Å². The van der Waals surface area contributed by atoms with Gasteiger partial charge in [0.15, 0.2) is 0 Å². The second-order valence-electron chi connectivity index (χ2n) is 5.41. The van der Waals surface area contributed by atoms with Crippen molar-refractivity contribution in [2.45, 2.75) is 57.2 Å². The molecule has 94 valence electrons. The molecule has 2 fully saturated rings. The molecule has 0 aliphatic heterocycles. The molecule has 2 bridgehead atoms. The molecule has 1 N–H and O–H groups in total. The third kappa shape index (κ3) is 2.90. The minimum absolute atomic E-state index is 0.0680. The van der Waals surface area contributed by atoms with Crippen LogP contribution in [0.25, 0.3) is 0 Å². The average molecular weight is 236 g/mol. The van der Waals surface area contributed by atoms with Crippen molar-refractivity contribution in [1.29, 1.82) is 0 Å². The van der Waals surface area contributed by atoms with Gasteiger partial charge in [-0.15, -0.1) is 0 Å². The molecule has 1 nitrogen and oxygen atoms in total. The molecule has 4 atom stereocenters. The summed E-state index contributed by atoms with van der Waals surface area (Å²) in [5.41, 5.74) is 0. The topological polar surface area (TPSA) is 20.2 Å². The van der Waals surface area contributed by atoms with Crippen molar-refractivity contribution in [1.82, 2.24) is 0 Å². The van der Waals surface area contributed by atoms with E-state index in [9.17, 15) is 18.3 Å². The molecule has 0 aromatic carbocycles. The van der Waals surface area contributed by atoms with Crippen LogP contribution in [0.2, 0.25) is 0 Å². The van der Waals surface area contributed by atoms with Crippen LogP contribution in [0.3, 0.4) is 0 Å². The quantitative estimate of drug-likeness (QED) is 0.791. The largest absolute Gasteiger partial charge is 0.393 e. The summed E-state index contributed by atoms with van der Waals surface area (Å²) < 4.78 is 35.9. The summed E-state index contributed by atoms with van der Waals surface area (Å²) in [7, 11) is 0. The number of aliphatic hydroxyl groups excluding tert-OH is 1. The first kappa shape index (κ1) is 12.2. The Morgan fingerprint density at radius 1 is 1.19 bits per heavy atom. The minimum atomic E-state index is -4.07. The zero-order valence-corrected chi connectivity index (χ0v) is 9.34. The highest BCUT2D eigenvalue weighted by atomic mass is 19.4. The molecule has 0 aromatic rings. The summed E-state index contributed by atoms with van der Waals surface area (Å²) in [5, 5.41) is 9.90. The first-order valence-electron chi connectivity index (χ1n) is 6.20. The first-order chi connectivity index (χ1) is 7.46. The molecule has 2 aliphatic carbocycles.